The zero-order valence-electron chi connectivity index (χ0n) is 11.8. The van der Waals surface area contributed by atoms with E-state index in [-0.39, 0.29) is 26.4 Å². The Hall–Kier alpha value is -1.72. The zero-order chi connectivity index (χ0) is 15.2. The van der Waals surface area contributed by atoms with Crippen LogP contribution in [0.5, 0.6) is 0 Å². The van der Waals surface area contributed by atoms with Crippen molar-refractivity contribution >= 4 is 0 Å². The van der Waals surface area contributed by atoms with Crippen molar-refractivity contribution in [2.75, 3.05) is 0 Å². The second-order valence-electron chi connectivity index (χ2n) is 4.93. The lowest BCUT2D eigenvalue weighted by atomic mass is 9.89. The van der Waals surface area contributed by atoms with Gasteiger partial charge in [0.15, 0.2) is 0 Å². The lowest BCUT2D eigenvalue weighted by Gasteiger charge is -2.19. The van der Waals surface area contributed by atoms with E-state index in [2.05, 4.69) is 0 Å². The van der Waals surface area contributed by atoms with E-state index in [0.29, 0.717) is 28.7 Å². The molecule has 0 unspecified atom stereocenters. The second kappa shape index (κ2) is 7.33. The smallest absolute Gasteiger partial charge is 0.0689 e. The first-order chi connectivity index (χ1) is 10.2. The molecule has 2 aromatic rings. The average molecular weight is 288 g/mol. The molecule has 0 aliphatic heterocycles. The maximum absolute atomic E-state index is 9.64. The Bertz CT molecular complexity index is 593. The third-order valence-corrected chi connectivity index (χ3v) is 3.73. The van der Waals surface area contributed by atoms with Crippen molar-refractivity contribution in [1.82, 2.24) is 0 Å². The average Bonchev–Trinajstić information content (AvgIpc) is 2.54. The molecule has 4 nitrogen and oxygen atoms in total. The molecule has 2 rings (SSSR count). The molecule has 0 atom stereocenters. The van der Waals surface area contributed by atoms with Crippen LogP contribution in [0.2, 0.25) is 0 Å². The molecular formula is C17H20O4. The SMILES string of the molecule is OCc1cc(Cc2ccccc2)c(CO)c(CO)c1CO. The summed E-state index contributed by atoms with van der Waals surface area (Å²) in [6, 6.07) is 11.6. The third kappa shape index (κ3) is 3.31. The van der Waals surface area contributed by atoms with Crippen LogP contribution in [0.1, 0.15) is 33.4 Å². The van der Waals surface area contributed by atoms with Crippen LogP contribution >= 0.6 is 0 Å². The van der Waals surface area contributed by atoms with Crippen LogP contribution in [0.15, 0.2) is 36.4 Å². The van der Waals surface area contributed by atoms with Crippen molar-refractivity contribution in [1.29, 1.82) is 0 Å². The summed E-state index contributed by atoms with van der Waals surface area (Å²) in [4.78, 5) is 0. The second-order valence-corrected chi connectivity index (χ2v) is 4.93. The molecule has 0 bridgehead atoms. The molecule has 0 aliphatic carbocycles. The Morgan fingerprint density at radius 2 is 1.19 bits per heavy atom. The van der Waals surface area contributed by atoms with Crippen LogP contribution in [0.3, 0.4) is 0 Å². The van der Waals surface area contributed by atoms with E-state index in [1.165, 1.54) is 0 Å². The first kappa shape index (κ1) is 15.7. The Kier molecular flexibility index (Phi) is 5.47. The molecule has 0 fully saturated rings. The standard InChI is InChI=1S/C17H20O4/c18-8-14-7-13(6-12-4-2-1-3-5-12)15(9-19)17(11-21)16(14)10-20/h1-5,7,18-21H,6,8-11H2. The van der Waals surface area contributed by atoms with Crippen molar-refractivity contribution < 1.29 is 20.4 Å². The fourth-order valence-corrected chi connectivity index (χ4v) is 2.65. The maximum atomic E-state index is 9.64. The minimum absolute atomic E-state index is 0.212. The number of aliphatic hydroxyl groups is 4. The van der Waals surface area contributed by atoms with Crippen molar-refractivity contribution in [3.8, 4) is 0 Å². The van der Waals surface area contributed by atoms with Gasteiger partial charge in [-0.1, -0.05) is 36.4 Å². The van der Waals surface area contributed by atoms with Crippen LogP contribution in [0.25, 0.3) is 0 Å². The summed E-state index contributed by atoms with van der Waals surface area (Å²) in [7, 11) is 0. The molecule has 0 radical (unpaired) electrons. The fraction of sp³-hybridized carbons (Fsp3) is 0.294. The lowest BCUT2D eigenvalue weighted by molar-refractivity contribution is 0.239. The van der Waals surface area contributed by atoms with Gasteiger partial charge in [0.25, 0.3) is 0 Å². The van der Waals surface area contributed by atoms with E-state index in [9.17, 15) is 20.4 Å². The first-order valence-electron chi connectivity index (χ1n) is 6.87. The normalized spacial score (nSPS) is 10.9. The molecule has 0 saturated heterocycles. The molecule has 0 heterocycles. The highest BCUT2D eigenvalue weighted by molar-refractivity contribution is 5.47. The molecule has 0 aromatic heterocycles. The molecule has 2 aromatic carbocycles. The number of hydrogen-bond donors (Lipinski definition) is 4. The molecule has 4 heteroatoms. The van der Waals surface area contributed by atoms with Gasteiger partial charge in [-0.2, -0.15) is 0 Å². The van der Waals surface area contributed by atoms with Crippen molar-refractivity contribution in [3.05, 3.63) is 69.8 Å². The number of hydrogen-bond acceptors (Lipinski definition) is 4. The molecule has 0 amide bonds. The molecular weight excluding hydrogens is 268 g/mol. The van der Waals surface area contributed by atoms with Crippen LogP contribution < -0.4 is 0 Å². The van der Waals surface area contributed by atoms with E-state index in [1.54, 1.807) is 6.07 Å². The van der Waals surface area contributed by atoms with Gasteiger partial charge >= 0.3 is 0 Å². The Morgan fingerprint density at radius 1 is 0.619 bits per heavy atom. The highest BCUT2D eigenvalue weighted by Gasteiger charge is 2.16. The lowest BCUT2D eigenvalue weighted by Crippen LogP contribution is -2.09. The summed E-state index contributed by atoms with van der Waals surface area (Å²) < 4.78 is 0. The van der Waals surface area contributed by atoms with Gasteiger partial charge in [0.2, 0.25) is 0 Å². The van der Waals surface area contributed by atoms with Gasteiger partial charge in [0, 0.05) is 0 Å². The van der Waals surface area contributed by atoms with Crippen LogP contribution in [-0.4, -0.2) is 20.4 Å². The van der Waals surface area contributed by atoms with Gasteiger partial charge in [-0.05, 0) is 39.8 Å². The molecule has 0 spiro atoms. The monoisotopic (exact) mass is 288 g/mol. The summed E-state index contributed by atoms with van der Waals surface area (Å²) in [5, 5.41) is 38.1. The highest BCUT2D eigenvalue weighted by Crippen LogP contribution is 2.26. The van der Waals surface area contributed by atoms with Crippen molar-refractivity contribution in [2.24, 2.45) is 0 Å². The summed E-state index contributed by atoms with van der Waals surface area (Å²) in [6.07, 6.45) is 0.600. The molecule has 0 aliphatic rings. The molecule has 112 valence electrons. The van der Waals surface area contributed by atoms with Gasteiger partial charge in [0.1, 0.15) is 0 Å². The Balaban J connectivity index is 2.54. The maximum Gasteiger partial charge on any atom is 0.0689 e. The fourth-order valence-electron chi connectivity index (χ4n) is 2.65. The van der Waals surface area contributed by atoms with E-state index in [1.807, 2.05) is 30.3 Å². The summed E-state index contributed by atoms with van der Waals surface area (Å²) in [5.74, 6) is 0. The topological polar surface area (TPSA) is 80.9 Å². The predicted molar refractivity (Wildman–Crippen MR) is 79.4 cm³/mol. The van der Waals surface area contributed by atoms with Gasteiger partial charge in [-0.15, -0.1) is 0 Å². The first-order valence-corrected chi connectivity index (χ1v) is 6.87. The highest BCUT2D eigenvalue weighted by atomic mass is 16.3. The van der Waals surface area contributed by atoms with Crippen LogP contribution in [0, 0.1) is 0 Å². The number of aliphatic hydroxyl groups excluding tert-OH is 4. The predicted octanol–water partition coefficient (Wildman–Crippen LogP) is 1.25. The third-order valence-electron chi connectivity index (χ3n) is 3.73. The van der Waals surface area contributed by atoms with E-state index >= 15 is 0 Å². The molecule has 4 N–H and O–H groups in total. The molecule has 0 saturated carbocycles. The van der Waals surface area contributed by atoms with E-state index < -0.39 is 0 Å². The number of rotatable bonds is 6. The zero-order valence-corrected chi connectivity index (χ0v) is 11.8. The summed E-state index contributed by atoms with van der Waals surface area (Å²) in [5.41, 5.74) is 4.16. The van der Waals surface area contributed by atoms with Crippen molar-refractivity contribution in [2.45, 2.75) is 32.8 Å². The Labute approximate surface area is 123 Å². The summed E-state index contributed by atoms with van der Waals surface area (Å²) >= 11 is 0. The minimum Gasteiger partial charge on any atom is -0.392 e. The van der Waals surface area contributed by atoms with Crippen LogP contribution in [-0.2, 0) is 32.8 Å². The van der Waals surface area contributed by atoms with Gasteiger partial charge in [-0.3, -0.25) is 0 Å². The van der Waals surface area contributed by atoms with Gasteiger partial charge in [0.05, 0.1) is 26.4 Å². The van der Waals surface area contributed by atoms with Crippen LogP contribution in [0.4, 0.5) is 0 Å². The number of benzene rings is 2. The Morgan fingerprint density at radius 3 is 1.71 bits per heavy atom. The largest absolute Gasteiger partial charge is 0.392 e. The minimum atomic E-state index is -0.276. The molecule has 21 heavy (non-hydrogen) atoms. The van der Waals surface area contributed by atoms with E-state index in [4.69, 9.17) is 0 Å². The van der Waals surface area contributed by atoms with E-state index in [0.717, 1.165) is 11.1 Å². The quantitative estimate of drug-likeness (QED) is 0.645. The summed E-state index contributed by atoms with van der Waals surface area (Å²) in [6.45, 7) is -0.973. The van der Waals surface area contributed by atoms with Gasteiger partial charge in [-0.25, -0.2) is 0 Å². The van der Waals surface area contributed by atoms with Crippen molar-refractivity contribution in [3.63, 3.8) is 0 Å². The van der Waals surface area contributed by atoms with Gasteiger partial charge < -0.3 is 20.4 Å².